The molecule has 0 aliphatic heterocycles. The molecule has 0 saturated carbocycles. The Hall–Kier alpha value is -0.0300. The minimum absolute atomic E-state index is 0.0553. The van der Waals surface area contributed by atoms with E-state index in [1.54, 1.807) is 20.8 Å². The molecule has 0 heterocycles. The van der Waals surface area contributed by atoms with Gasteiger partial charge >= 0.3 is 0 Å². The average molecular weight is 266 g/mol. The molecule has 16 heavy (non-hydrogen) atoms. The lowest BCUT2D eigenvalue weighted by molar-refractivity contribution is -0.110. The van der Waals surface area contributed by atoms with Crippen LogP contribution in [0.4, 0.5) is 0 Å². The maximum absolute atomic E-state index is 11.8. The summed E-state index contributed by atoms with van der Waals surface area (Å²) < 4.78 is 22.6. The number of hydrogen-bond acceptors (Lipinski definition) is 4. The number of rotatable bonds is 3. The Labute approximate surface area is 103 Å². The largest absolute Gasteiger partial charge is 0.287 e. The van der Waals surface area contributed by atoms with E-state index in [9.17, 15) is 13.2 Å². The number of carbonyl (C=O) groups is 1. The van der Waals surface area contributed by atoms with Crippen molar-refractivity contribution >= 4 is 26.7 Å². The van der Waals surface area contributed by atoms with Crippen LogP contribution in [0.3, 0.4) is 0 Å². The van der Waals surface area contributed by atoms with E-state index in [0.717, 1.165) is 0 Å². The Balaban J connectivity index is 4.34. The summed E-state index contributed by atoms with van der Waals surface area (Å²) in [6.07, 6.45) is 0.0987. The number of thioether (sulfide) groups is 1. The molecule has 0 aliphatic carbocycles. The number of hydrogen-bond donors (Lipinski definition) is 0. The van der Waals surface area contributed by atoms with Crippen LogP contribution in [0.15, 0.2) is 0 Å². The smallest absolute Gasteiger partial charge is 0.190 e. The Morgan fingerprint density at radius 3 is 1.81 bits per heavy atom. The van der Waals surface area contributed by atoms with Crippen molar-refractivity contribution in [3.05, 3.63) is 0 Å². The van der Waals surface area contributed by atoms with Crippen LogP contribution >= 0.6 is 11.8 Å². The number of sulfone groups is 1. The Morgan fingerprint density at radius 2 is 1.50 bits per heavy atom. The van der Waals surface area contributed by atoms with Crippen molar-refractivity contribution in [2.75, 3.05) is 5.75 Å². The molecule has 5 heteroatoms. The Morgan fingerprint density at radius 1 is 1.06 bits per heavy atom. The van der Waals surface area contributed by atoms with Crippen molar-refractivity contribution in [3.63, 3.8) is 0 Å². The van der Waals surface area contributed by atoms with E-state index in [-0.39, 0.29) is 22.0 Å². The molecule has 0 aliphatic rings. The molecule has 3 nitrogen and oxygen atoms in total. The number of carbonyl (C=O) groups excluding carboxylic acids is 1. The van der Waals surface area contributed by atoms with Gasteiger partial charge in [-0.2, -0.15) is 0 Å². The third-order valence-electron chi connectivity index (χ3n) is 1.93. The Kier molecular flexibility index (Phi) is 5.08. The van der Waals surface area contributed by atoms with Gasteiger partial charge in [0.15, 0.2) is 15.0 Å². The Bertz CT molecular complexity index is 342. The highest BCUT2D eigenvalue weighted by atomic mass is 32.2. The van der Waals surface area contributed by atoms with Gasteiger partial charge in [0, 0.05) is 11.2 Å². The standard InChI is InChI=1S/C11H22O3S2/c1-10(2,3)15-9(12)7-8-16(13,14)11(4,5)6/h7-8H2,1-6H3. The molecule has 0 spiro atoms. The van der Waals surface area contributed by atoms with E-state index in [0.29, 0.717) is 0 Å². The first-order valence-corrected chi connectivity index (χ1v) is 7.76. The lowest BCUT2D eigenvalue weighted by Gasteiger charge is -2.20. The van der Waals surface area contributed by atoms with Gasteiger partial charge in [-0.05, 0) is 20.8 Å². The van der Waals surface area contributed by atoms with E-state index < -0.39 is 14.6 Å². The second kappa shape index (κ2) is 5.08. The van der Waals surface area contributed by atoms with Crippen LogP contribution in [-0.2, 0) is 14.6 Å². The van der Waals surface area contributed by atoms with Crippen molar-refractivity contribution < 1.29 is 13.2 Å². The predicted molar refractivity (Wildman–Crippen MR) is 70.5 cm³/mol. The van der Waals surface area contributed by atoms with E-state index in [4.69, 9.17) is 0 Å². The van der Waals surface area contributed by atoms with Gasteiger partial charge in [0.1, 0.15) is 0 Å². The topological polar surface area (TPSA) is 51.2 Å². The SMILES string of the molecule is CC(C)(C)SC(=O)CCS(=O)(=O)C(C)(C)C. The first kappa shape index (κ1) is 16.0. The zero-order valence-corrected chi connectivity index (χ0v) is 12.6. The zero-order chi connectivity index (χ0) is 13.2. The first-order valence-electron chi connectivity index (χ1n) is 5.29. The van der Waals surface area contributed by atoms with E-state index in [1.165, 1.54) is 11.8 Å². The van der Waals surface area contributed by atoms with Gasteiger partial charge in [-0.3, -0.25) is 4.79 Å². The monoisotopic (exact) mass is 266 g/mol. The van der Waals surface area contributed by atoms with Crippen LogP contribution in [0.2, 0.25) is 0 Å². The van der Waals surface area contributed by atoms with Crippen molar-refractivity contribution in [2.45, 2.75) is 57.5 Å². The lowest BCUT2D eigenvalue weighted by Crippen LogP contribution is -2.31. The van der Waals surface area contributed by atoms with Crippen molar-refractivity contribution in [1.29, 1.82) is 0 Å². The van der Waals surface area contributed by atoms with Crippen LogP contribution in [0.5, 0.6) is 0 Å². The third kappa shape index (κ3) is 5.89. The summed E-state index contributed by atoms with van der Waals surface area (Å²) >= 11 is 1.20. The minimum atomic E-state index is -3.18. The van der Waals surface area contributed by atoms with Crippen LogP contribution < -0.4 is 0 Å². The molecule has 0 N–H and O–H groups in total. The average Bonchev–Trinajstić information content (AvgIpc) is 1.95. The van der Waals surface area contributed by atoms with E-state index in [2.05, 4.69) is 0 Å². The van der Waals surface area contributed by atoms with Gasteiger partial charge in [-0.25, -0.2) is 8.42 Å². The van der Waals surface area contributed by atoms with Crippen LogP contribution in [-0.4, -0.2) is 28.8 Å². The molecule has 0 unspecified atom stereocenters. The molecule has 96 valence electrons. The van der Waals surface area contributed by atoms with Crippen LogP contribution in [0.1, 0.15) is 48.0 Å². The fraction of sp³-hybridized carbons (Fsp3) is 0.909. The fourth-order valence-electron chi connectivity index (χ4n) is 0.916. The fourth-order valence-corrected chi connectivity index (χ4v) is 3.00. The summed E-state index contributed by atoms with van der Waals surface area (Å²) in [6.45, 7) is 10.8. The molecule has 0 fully saturated rings. The van der Waals surface area contributed by atoms with Gasteiger partial charge < -0.3 is 0 Å². The molecule has 0 amide bonds. The highest BCUT2D eigenvalue weighted by Crippen LogP contribution is 2.26. The van der Waals surface area contributed by atoms with Crippen molar-refractivity contribution in [3.8, 4) is 0 Å². The first-order chi connectivity index (χ1) is 6.85. The highest BCUT2D eigenvalue weighted by molar-refractivity contribution is 8.14. The highest BCUT2D eigenvalue weighted by Gasteiger charge is 2.29. The normalized spacial score (nSPS) is 13.9. The third-order valence-corrected chi connectivity index (χ3v) is 5.58. The van der Waals surface area contributed by atoms with Crippen LogP contribution in [0, 0.1) is 0 Å². The molecule has 0 rings (SSSR count). The summed E-state index contributed by atoms with van der Waals surface area (Å²) in [4.78, 5) is 11.5. The molecule has 0 atom stereocenters. The molecule has 0 saturated heterocycles. The van der Waals surface area contributed by atoms with Crippen LogP contribution in [0.25, 0.3) is 0 Å². The molecular formula is C11H22O3S2. The van der Waals surface area contributed by atoms with E-state index >= 15 is 0 Å². The van der Waals surface area contributed by atoms with Gasteiger partial charge in [0.05, 0.1) is 10.5 Å². The maximum Gasteiger partial charge on any atom is 0.190 e. The molecule has 0 aromatic rings. The predicted octanol–water partition coefficient (Wildman–Crippen LogP) is 2.65. The minimum Gasteiger partial charge on any atom is -0.287 e. The van der Waals surface area contributed by atoms with E-state index in [1.807, 2.05) is 20.8 Å². The second-order valence-corrected chi connectivity index (χ2v) is 10.5. The lowest BCUT2D eigenvalue weighted by atomic mass is 10.3. The molecule has 0 aromatic heterocycles. The summed E-state index contributed by atoms with van der Waals surface area (Å²) in [7, 11) is -3.18. The van der Waals surface area contributed by atoms with Crippen molar-refractivity contribution in [2.24, 2.45) is 0 Å². The maximum atomic E-state index is 11.8. The summed E-state index contributed by atoms with van der Waals surface area (Å²) in [5.41, 5.74) is 0. The molecule has 0 aromatic carbocycles. The summed E-state index contributed by atoms with van der Waals surface area (Å²) in [6, 6.07) is 0. The quantitative estimate of drug-likeness (QED) is 0.788. The zero-order valence-electron chi connectivity index (χ0n) is 11.0. The summed E-state index contributed by atoms with van der Waals surface area (Å²) in [5, 5.41) is -0.0553. The van der Waals surface area contributed by atoms with Gasteiger partial charge in [0.25, 0.3) is 0 Å². The van der Waals surface area contributed by atoms with Gasteiger partial charge in [0.2, 0.25) is 0 Å². The molecule has 0 bridgehead atoms. The molecule has 0 radical (unpaired) electrons. The second-order valence-electron chi connectivity index (χ2n) is 5.77. The van der Waals surface area contributed by atoms with Gasteiger partial charge in [-0.1, -0.05) is 32.5 Å². The van der Waals surface area contributed by atoms with Gasteiger partial charge in [-0.15, -0.1) is 0 Å². The molecular weight excluding hydrogens is 244 g/mol. The van der Waals surface area contributed by atoms with Crippen molar-refractivity contribution in [1.82, 2.24) is 0 Å². The summed E-state index contributed by atoms with van der Waals surface area (Å²) in [5.74, 6) is -0.0571.